The van der Waals surface area contributed by atoms with Gasteiger partial charge < -0.3 is 9.30 Å². The van der Waals surface area contributed by atoms with Crippen LogP contribution in [0.4, 0.5) is 0 Å². The summed E-state index contributed by atoms with van der Waals surface area (Å²) in [5.74, 6) is 0. The molecule has 1 unspecified atom stereocenters. The van der Waals surface area contributed by atoms with Crippen molar-refractivity contribution in [2.75, 3.05) is 0 Å². The molecule has 0 saturated carbocycles. The maximum absolute atomic E-state index is 6.44. The van der Waals surface area contributed by atoms with Gasteiger partial charge in [-0.2, -0.15) is 0 Å². The molecular weight excluding hydrogens is 423 g/mol. The Labute approximate surface area is 176 Å². The molecule has 0 aliphatic rings. The van der Waals surface area contributed by atoms with E-state index in [1.165, 1.54) is 0 Å². The van der Waals surface area contributed by atoms with Gasteiger partial charge in [0.2, 0.25) is 0 Å². The van der Waals surface area contributed by atoms with E-state index in [0.29, 0.717) is 23.2 Å². The summed E-state index contributed by atoms with van der Waals surface area (Å²) in [4.78, 5) is 4.11. The van der Waals surface area contributed by atoms with Gasteiger partial charge in [0, 0.05) is 43.1 Å². The fourth-order valence-corrected chi connectivity index (χ4v) is 4.85. The van der Waals surface area contributed by atoms with Crippen LogP contribution >= 0.6 is 46.1 Å². The van der Waals surface area contributed by atoms with Crippen LogP contribution in [0.5, 0.6) is 0 Å². The monoisotopic (exact) mass is 436 g/mol. The first-order valence-electron chi connectivity index (χ1n) is 8.28. The Morgan fingerprint density at radius 2 is 2.00 bits per heavy atom. The Hall–Kier alpha value is -1.56. The lowest BCUT2D eigenvalue weighted by Crippen LogP contribution is -2.12. The molecule has 0 fully saturated rings. The third-order valence-electron chi connectivity index (χ3n) is 4.31. The highest BCUT2D eigenvalue weighted by atomic mass is 35.5. The van der Waals surface area contributed by atoms with Gasteiger partial charge in [-0.15, -0.1) is 11.3 Å². The van der Waals surface area contributed by atoms with E-state index >= 15 is 0 Å². The zero-order chi connectivity index (χ0) is 18.8. The molecule has 0 aliphatic carbocycles. The SMILES string of the molecule is Clc1ccc(C(Cn2ccnc2)OCc2csc3cccc(Cl)c23)c(Cl)c1. The summed E-state index contributed by atoms with van der Waals surface area (Å²) < 4.78 is 9.42. The molecule has 27 heavy (non-hydrogen) atoms. The summed E-state index contributed by atoms with van der Waals surface area (Å²) in [5, 5.41) is 5.06. The second-order valence-corrected chi connectivity index (χ2v) is 8.26. The number of benzene rings is 2. The Balaban J connectivity index is 1.62. The second kappa shape index (κ2) is 8.21. The first kappa shape index (κ1) is 18.8. The minimum atomic E-state index is -0.249. The van der Waals surface area contributed by atoms with E-state index in [9.17, 15) is 0 Å². The average molecular weight is 438 g/mol. The molecule has 2 heterocycles. The number of fused-ring (bicyclic) bond motifs is 1. The summed E-state index contributed by atoms with van der Waals surface area (Å²) in [5.41, 5.74) is 1.96. The molecule has 4 rings (SSSR count). The standard InChI is InChI=1S/C20H15Cl3N2OS/c21-14-4-5-15(17(23)8-14)18(9-25-7-6-24-12-25)26-10-13-11-27-19-3-1-2-16(22)20(13)19/h1-8,11-12,18H,9-10H2. The van der Waals surface area contributed by atoms with Crippen LogP contribution in [0.2, 0.25) is 15.1 Å². The van der Waals surface area contributed by atoms with Crippen molar-refractivity contribution in [1.29, 1.82) is 0 Å². The van der Waals surface area contributed by atoms with Crippen molar-refractivity contribution < 1.29 is 4.74 Å². The van der Waals surface area contributed by atoms with Gasteiger partial charge in [0.25, 0.3) is 0 Å². The first-order valence-corrected chi connectivity index (χ1v) is 10.3. The van der Waals surface area contributed by atoms with E-state index < -0.39 is 0 Å². The lowest BCUT2D eigenvalue weighted by molar-refractivity contribution is 0.0288. The van der Waals surface area contributed by atoms with Crippen molar-refractivity contribution in [3.8, 4) is 0 Å². The second-order valence-electron chi connectivity index (χ2n) is 6.10. The quantitative estimate of drug-likeness (QED) is 0.324. The van der Waals surface area contributed by atoms with Crippen LogP contribution in [-0.2, 0) is 17.9 Å². The van der Waals surface area contributed by atoms with Gasteiger partial charge in [-0.05, 0) is 35.2 Å². The number of imidazole rings is 1. The molecule has 7 heteroatoms. The van der Waals surface area contributed by atoms with Crippen LogP contribution in [-0.4, -0.2) is 9.55 Å². The molecule has 0 radical (unpaired) electrons. The lowest BCUT2D eigenvalue weighted by atomic mass is 10.1. The Morgan fingerprint density at radius 3 is 2.78 bits per heavy atom. The van der Waals surface area contributed by atoms with Crippen molar-refractivity contribution in [3.05, 3.63) is 86.7 Å². The predicted molar refractivity (Wildman–Crippen MR) is 113 cm³/mol. The minimum absolute atomic E-state index is 0.249. The fraction of sp³-hybridized carbons (Fsp3) is 0.150. The molecule has 0 bridgehead atoms. The first-order chi connectivity index (χ1) is 13.1. The lowest BCUT2D eigenvalue weighted by Gasteiger charge is -2.20. The topological polar surface area (TPSA) is 27.1 Å². The van der Waals surface area contributed by atoms with Crippen molar-refractivity contribution in [3.63, 3.8) is 0 Å². The van der Waals surface area contributed by atoms with Crippen LogP contribution in [0.25, 0.3) is 10.1 Å². The summed E-state index contributed by atoms with van der Waals surface area (Å²) in [7, 11) is 0. The van der Waals surface area contributed by atoms with E-state index in [1.807, 2.05) is 35.0 Å². The van der Waals surface area contributed by atoms with Gasteiger partial charge in [-0.3, -0.25) is 0 Å². The largest absolute Gasteiger partial charge is 0.367 e. The van der Waals surface area contributed by atoms with Crippen molar-refractivity contribution >= 4 is 56.2 Å². The van der Waals surface area contributed by atoms with Crippen LogP contribution in [0.15, 0.2) is 60.5 Å². The number of thiophene rings is 1. The van der Waals surface area contributed by atoms with Gasteiger partial charge >= 0.3 is 0 Å². The molecule has 3 nitrogen and oxygen atoms in total. The fourth-order valence-electron chi connectivity index (χ4n) is 2.99. The zero-order valence-corrected chi connectivity index (χ0v) is 17.2. The van der Waals surface area contributed by atoms with Crippen LogP contribution in [0, 0.1) is 0 Å². The zero-order valence-electron chi connectivity index (χ0n) is 14.1. The highest BCUT2D eigenvalue weighted by Gasteiger charge is 2.18. The number of hydrogen-bond donors (Lipinski definition) is 0. The van der Waals surface area contributed by atoms with E-state index in [2.05, 4.69) is 16.4 Å². The Morgan fingerprint density at radius 1 is 1.11 bits per heavy atom. The van der Waals surface area contributed by atoms with Crippen LogP contribution in [0.3, 0.4) is 0 Å². The normalized spacial score (nSPS) is 12.6. The number of rotatable bonds is 6. The third-order valence-corrected chi connectivity index (χ3v) is 6.18. The summed E-state index contributed by atoms with van der Waals surface area (Å²) in [6.07, 6.45) is 5.15. The van der Waals surface area contributed by atoms with Crippen LogP contribution in [0.1, 0.15) is 17.2 Å². The van der Waals surface area contributed by atoms with Gasteiger partial charge in [0.1, 0.15) is 6.10 Å². The van der Waals surface area contributed by atoms with Gasteiger partial charge in [0.15, 0.2) is 0 Å². The van der Waals surface area contributed by atoms with Gasteiger partial charge in [-0.1, -0.05) is 46.9 Å². The summed E-state index contributed by atoms with van der Waals surface area (Å²) >= 11 is 20.5. The maximum atomic E-state index is 6.44. The van der Waals surface area contributed by atoms with Crippen molar-refractivity contribution in [1.82, 2.24) is 9.55 Å². The highest BCUT2D eigenvalue weighted by molar-refractivity contribution is 7.17. The molecule has 0 aliphatic heterocycles. The molecule has 1 atom stereocenters. The van der Waals surface area contributed by atoms with E-state index in [0.717, 1.165) is 26.2 Å². The van der Waals surface area contributed by atoms with E-state index in [4.69, 9.17) is 39.5 Å². The minimum Gasteiger partial charge on any atom is -0.367 e. The van der Waals surface area contributed by atoms with E-state index in [1.54, 1.807) is 29.9 Å². The smallest absolute Gasteiger partial charge is 0.102 e. The van der Waals surface area contributed by atoms with Crippen LogP contribution < -0.4 is 0 Å². The van der Waals surface area contributed by atoms with Crippen molar-refractivity contribution in [2.24, 2.45) is 0 Å². The van der Waals surface area contributed by atoms with Gasteiger partial charge in [-0.25, -0.2) is 4.98 Å². The molecule has 0 N–H and O–H groups in total. The number of hydrogen-bond acceptors (Lipinski definition) is 3. The Kier molecular flexibility index (Phi) is 5.71. The molecule has 0 saturated heterocycles. The highest BCUT2D eigenvalue weighted by Crippen LogP contribution is 2.35. The van der Waals surface area contributed by atoms with Gasteiger partial charge in [0.05, 0.1) is 19.5 Å². The third kappa shape index (κ3) is 4.15. The number of nitrogens with zero attached hydrogens (tertiary/aromatic N) is 2. The average Bonchev–Trinajstić information content (AvgIpc) is 3.29. The summed E-state index contributed by atoms with van der Waals surface area (Å²) in [6, 6.07) is 11.4. The molecule has 0 amide bonds. The molecule has 2 aromatic carbocycles. The molecule has 2 aromatic heterocycles. The van der Waals surface area contributed by atoms with Crippen molar-refractivity contribution in [2.45, 2.75) is 19.3 Å². The number of halogens is 3. The van der Waals surface area contributed by atoms with E-state index in [-0.39, 0.29) is 6.10 Å². The molecule has 0 spiro atoms. The summed E-state index contributed by atoms with van der Waals surface area (Å²) in [6.45, 7) is 1.03. The molecule has 138 valence electrons. The Bertz CT molecular complexity index is 1060. The number of ether oxygens (including phenoxy) is 1. The maximum Gasteiger partial charge on any atom is 0.102 e. The predicted octanol–water partition coefficient (Wildman–Crippen LogP) is 7.02. The molecule has 4 aromatic rings. The number of aromatic nitrogens is 2. The molecular formula is C20H15Cl3N2OS.